The molecule has 0 saturated carbocycles. The largest absolute Gasteiger partial charge is 0.507 e. The van der Waals surface area contributed by atoms with Crippen LogP contribution in [0.25, 0.3) is 5.76 Å². The zero-order valence-electron chi connectivity index (χ0n) is 14.0. The number of ketones is 1. The highest BCUT2D eigenvalue weighted by atomic mass is 35.5. The summed E-state index contributed by atoms with van der Waals surface area (Å²) in [5.74, 6) is -1.89. The van der Waals surface area contributed by atoms with Crippen LogP contribution in [0.15, 0.2) is 54.2 Å². The van der Waals surface area contributed by atoms with Crippen LogP contribution in [-0.2, 0) is 9.59 Å². The molecule has 0 bridgehead atoms. The summed E-state index contributed by atoms with van der Waals surface area (Å²) in [6.07, 6.45) is 0.704. The van der Waals surface area contributed by atoms with Crippen molar-refractivity contribution >= 4 is 29.1 Å². The van der Waals surface area contributed by atoms with Crippen molar-refractivity contribution in [1.82, 2.24) is 9.88 Å². The summed E-state index contributed by atoms with van der Waals surface area (Å²) in [4.78, 5) is 30.6. The quantitative estimate of drug-likeness (QED) is 0.489. The van der Waals surface area contributed by atoms with Gasteiger partial charge >= 0.3 is 0 Å². The molecule has 1 aliphatic rings. The molecule has 134 valence electrons. The number of aromatic nitrogens is 1. The summed E-state index contributed by atoms with van der Waals surface area (Å²) in [5.41, 5.74) is 0.741. The van der Waals surface area contributed by atoms with E-state index in [0.29, 0.717) is 16.3 Å². The van der Waals surface area contributed by atoms with E-state index in [0.717, 1.165) is 0 Å². The average Bonchev–Trinajstić information content (AvgIpc) is 2.87. The third kappa shape index (κ3) is 3.34. The Balaban J connectivity index is 2.17. The van der Waals surface area contributed by atoms with Gasteiger partial charge in [0.05, 0.1) is 17.4 Å². The van der Waals surface area contributed by atoms with E-state index >= 15 is 0 Å². The Kier molecular flexibility index (Phi) is 5.06. The maximum Gasteiger partial charge on any atom is 0.295 e. The molecule has 2 heterocycles. The molecule has 26 heavy (non-hydrogen) atoms. The van der Waals surface area contributed by atoms with Crippen molar-refractivity contribution in [3.63, 3.8) is 0 Å². The molecule has 1 aliphatic heterocycles. The smallest absolute Gasteiger partial charge is 0.295 e. The van der Waals surface area contributed by atoms with Crippen molar-refractivity contribution in [2.75, 3.05) is 6.54 Å². The molecule has 1 aromatic carbocycles. The standard InChI is InChI=1S/C19H17ClN2O4/c1-11(23)10-22-16(14-4-2-3-9-21-14)15(18(25)19(22)26)17(24)12-5-7-13(20)8-6-12/h2-9,11,16,23-24H,10H2,1H3/b17-15-. The predicted molar refractivity (Wildman–Crippen MR) is 96.4 cm³/mol. The van der Waals surface area contributed by atoms with Crippen molar-refractivity contribution in [2.24, 2.45) is 0 Å². The lowest BCUT2D eigenvalue weighted by Crippen LogP contribution is -2.35. The number of pyridine rings is 1. The second kappa shape index (κ2) is 7.27. The van der Waals surface area contributed by atoms with Crippen molar-refractivity contribution < 1.29 is 19.8 Å². The van der Waals surface area contributed by atoms with Crippen LogP contribution in [0, 0.1) is 0 Å². The Morgan fingerprint density at radius 1 is 1.23 bits per heavy atom. The molecule has 3 rings (SSSR count). The number of Topliss-reactive ketones (excluding diaryl/α,β-unsaturated/α-hetero) is 1. The van der Waals surface area contributed by atoms with E-state index in [-0.39, 0.29) is 17.9 Å². The Bertz CT molecular complexity index is 863. The van der Waals surface area contributed by atoms with Gasteiger partial charge in [0.15, 0.2) is 0 Å². The van der Waals surface area contributed by atoms with E-state index in [1.165, 1.54) is 11.8 Å². The Morgan fingerprint density at radius 2 is 1.92 bits per heavy atom. The topological polar surface area (TPSA) is 90.7 Å². The van der Waals surface area contributed by atoms with E-state index in [4.69, 9.17) is 11.6 Å². The van der Waals surface area contributed by atoms with Crippen molar-refractivity contribution in [2.45, 2.75) is 19.1 Å². The van der Waals surface area contributed by atoms with Crippen molar-refractivity contribution in [3.8, 4) is 0 Å². The highest BCUT2D eigenvalue weighted by molar-refractivity contribution is 6.46. The lowest BCUT2D eigenvalue weighted by Gasteiger charge is -2.25. The van der Waals surface area contributed by atoms with Gasteiger partial charge in [0.2, 0.25) is 0 Å². The summed E-state index contributed by atoms with van der Waals surface area (Å²) in [7, 11) is 0. The Hall–Kier alpha value is -2.70. The molecule has 1 fully saturated rings. The molecule has 2 atom stereocenters. The van der Waals surface area contributed by atoms with Gasteiger partial charge in [-0.15, -0.1) is 0 Å². The highest BCUT2D eigenvalue weighted by Gasteiger charge is 2.46. The van der Waals surface area contributed by atoms with Crippen LogP contribution in [-0.4, -0.2) is 44.4 Å². The van der Waals surface area contributed by atoms with Gasteiger partial charge in [-0.05, 0) is 43.3 Å². The van der Waals surface area contributed by atoms with Crippen LogP contribution in [0.1, 0.15) is 24.2 Å². The maximum absolute atomic E-state index is 12.6. The minimum atomic E-state index is -0.874. The first-order valence-corrected chi connectivity index (χ1v) is 8.41. The molecule has 2 N–H and O–H groups in total. The monoisotopic (exact) mass is 372 g/mol. The van der Waals surface area contributed by atoms with Crippen LogP contribution < -0.4 is 0 Å². The number of amides is 1. The van der Waals surface area contributed by atoms with Gasteiger partial charge in [-0.3, -0.25) is 14.6 Å². The number of likely N-dealkylation sites (tertiary alicyclic amines) is 1. The third-order valence-electron chi connectivity index (χ3n) is 4.09. The van der Waals surface area contributed by atoms with Crippen LogP contribution in [0.2, 0.25) is 5.02 Å². The number of hydrogen-bond acceptors (Lipinski definition) is 5. The molecule has 0 radical (unpaired) electrons. The number of aliphatic hydroxyl groups excluding tert-OH is 2. The number of halogens is 1. The fourth-order valence-corrected chi connectivity index (χ4v) is 3.09. The summed E-state index contributed by atoms with van der Waals surface area (Å²) >= 11 is 5.87. The van der Waals surface area contributed by atoms with Gasteiger partial charge < -0.3 is 15.1 Å². The zero-order chi connectivity index (χ0) is 18.8. The molecule has 1 saturated heterocycles. The first kappa shape index (κ1) is 18.1. The van der Waals surface area contributed by atoms with E-state index in [2.05, 4.69) is 4.98 Å². The van der Waals surface area contributed by atoms with Crippen LogP contribution in [0.3, 0.4) is 0 Å². The van der Waals surface area contributed by atoms with E-state index in [1.807, 2.05) is 0 Å². The number of nitrogens with zero attached hydrogens (tertiary/aromatic N) is 2. The molecule has 7 heteroatoms. The van der Waals surface area contributed by atoms with Crippen LogP contribution in [0.5, 0.6) is 0 Å². The number of rotatable bonds is 4. The molecule has 0 spiro atoms. The summed E-state index contributed by atoms with van der Waals surface area (Å²) in [6, 6.07) is 10.5. The predicted octanol–water partition coefficient (Wildman–Crippen LogP) is 2.54. The summed E-state index contributed by atoms with van der Waals surface area (Å²) in [5, 5.41) is 20.9. The molecular weight excluding hydrogens is 356 g/mol. The van der Waals surface area contributed by atoms with Gasteiger partial charge in [-0.2, -0.15) is 0 Å². The number of carbonyl (C=O) groups is 2. The van der Waals surface area contributed by atoms with E-state index in [9.17, 15) is 19.8 Å². The van der Waals surface area contributed by atoms with Crippen molar-refractivity contribution in [3.05, 3.63) is 70.5 Å². The molecule has 6 nitrogen and oxygen atoms in total. The molecule has 1 aromatic heterocycles. The summed E-state index contributed by atoms with van der Waals surface area (Å²) in [6.45, 7) is 1.47. The lowest BCUT2D eigenvalue weighted by molar-refractivity contribution is -0.140. The minimum Gasteiger partial charge on any atom is -0.507 e. The highest BCUT2D eigenvalue weighted by Crippen LogP contribution is 2.38. The molecular formula is C19H17ClN2O4. The molecule has 0 aliphatic carbocycles. The first-order valence-electron chi connectivity index (χ1n) is 8.03. The average molecular weight is 373 g/mol. The SMILES string of the molecule is CC(O)CN1C(=O)C(=O)/C(=C(\O)c2ccc(Cl)cc2)C1c1ccccn1. The number of hydrogen-bond donors (Lipinski definition) is 2. The number of benzene rings is 1. The Labute approximate surface area is 155 Å². The van der Waals surface area contributed by atoms with Crippen LogP contribution in [0.4, 0.5) is 0 Å². The third-order valence-corrected chi connectivity index (χ3v) is 4.34. The number of aliphatic hydroxyl groups is 2. The fraction of sp³-hybridized carbons (Fsp3) is 0.211. The fourth-order valence-electron chi connectivity index (χ4n) is 2.96. The molecule has 2 aromatic rings. The van der Waals surface area contributed by atoms with Gasteiger partial charge in [-0.1, -0.05) is 17.7 Å². The maximum atomic E-state index is 12.6. The Morgan fingerprint density at radius 3 is 2.50 bits per heavy atom. The normalized spacial score (nSPS) is 20.4. The first-order chi connectivity index (χ1) is 12.4. The van der Waals surface area contributed by atoms with E-state index < -0.39 is 23.8 Å². The van der Waals surface area contributed by atoms with Gasteiger partial charge in [0.25, 0.3) is 11.7 Å². The minimum absolute atomic E-state index is 0.0524. The molecule has 1 amide bonds. The summed E-state index contributed by atoms with van der Waals surface area (Å²) < 4.78 is 0. The second-order valence-corrected chi connectivity index (χ2v) is 6.50. The van der Waals surface area contributed by atoms with Crippen molar-refractivity contribution in [1.29, 1.82) is 0 Å². The lowest BCUT2D eigenvalue weighted by atomic mass is 9.98. The van der Waals surface area contributed by atoms with Gasteiger partial charge in [0.1, 0.15) is 11.8 Å². The second-order valence-electron chi connectivity index (χ2n) is 6.06. The number of carbonyl (C=O) groups excluding carboxylic acids is 2. The zero-order valence-corrected chi connectivity index (χ0v) is 14.7. The number of β-amino-alcohol motifs (C(OH)–C–C–N with tert-alkyl or cyclic N) is 1. The van der Waals surface area contributed by atoms with Gasteiger partial charge in [-0.25, -0.2) is 0 Å². The van der Waals surface area contributed by atoms with Crippen LogP contribution >= 0.6 is 11.6 Å². The van der Waals surface area contributed by atoms with Gasteiger partial charge in [0, 0.05) is 23.3 Å². The van der Waals surface area contributed by atoms with E-state index in [1.54, 1.807) is 48.7 Å². The molecule has 2 unspecified atom stereocenters.